The Bertz CT molecular complexity index is 528. The van der Waals surface area contributed by atoms with Gasteiger partial charge in [0.1, 0.15) is 6.10 Å². The molecule has 0 heterocycles. The number of carbonyl (C=O) groups excluding carboxylic acids is 1. The van der Waals surface area contributed by atoms with Crippen molar-refractivity contribution in [3.8, 4) is 0 Å². The molecule has 148 valence electrons. The topological polar surface area (TPSA) is 63.6 Å². The second kappa shape index (κ2) is 11.7. The fourth-order valence-electron chi connectivity index (χ4n) is 3.32. The van der Waals surface area contributed by atoms with Gasteiger partial charge >= 0.3 is 11.9 Å². The predicted octanol–water partition coefficient (Wildman–Crippen LogP) is 5.55. The van der Waals surface area contributed by atoms with E-state index in [0.29, 0.717) is 25.7 Å². The van der Waals surface area contributed by atoms with Crippen LogP contribution >= 0.6 is 0 Å². The van der Waals surface area contributed by atoms with E-state index in [0.717, 1.165) is 5.57 Å². The molecule has 3 atom stereocenters. The molecule has 3 unspecified atom stereocenters. The van der Waals surface area contributed by atoms with Crippen molar-refractivity contribution in [2.45, 2.75) is 73.3 Å². The lowest BCUT2D eigenvalue weighted by Gasteiger charge is -2.34. The summed E-state index contributed by atoms with van der Waals surface area (Å²) in [6.45, 7) is 15.2. The number of carboxylic acid groups (broad SMARTS) is 1. The number of carboxylic acids is 1. The maximum absolute atomic E-state index is 12.1. The van der Waals surface area contributed by atoms with E-state index in [1.54, 1.807) is 0 Å². The molecule has 0 aliphatic rings. The van der Waals surface area contributed by atoms with Crippen LogP contribution in [0.2, 0.25) is 0 Å². The van der Waals surface area contributed by atoms with E-state index in [4.69, 9.17) is 4.74 Å². The summed E-state index contributed by atoms with van der Waals surface area (Å²) in [6.07, 6.45) is 9.72. The maximum Gasteiger partial charge on any atom is 0.310 e. The Morgan fingerprint density at radius 3 is 2.27 bits per heavy atom. The Kier molecular flexibility index (Phi) is 10.9. The van der Waals surface area contributed by atoms with E-state index in [1.165, 1.54) is 6.92 Å². The number of esters is 1. The number of hydrogen-bond donors (Lipinski definition) is 1. The van der Waals surface area contributed by atoms with Gasteiger partial charge in [0.2, 0.25) is 0 Å². The van der Waals surface area contributed by atoms with Gasteiger partial charge in [-0.1, -0.05) is 57.1 Å². The lowest BCUT2D eigenvalue weighted by molar-refractivity contribution is -0.160. The molecule has 4 heteroatoms. The zero-order valence-corrected chi connectivity index (χ0v) is 17.2. The fourth-order valence-corrected chi connectivity index (χ4v) is 3.32. The number of carbonyl (C=O) groups is 2. The molecule has 0 aliphatic carbocycles. The molecule has 1 N–H and O–H groups in total. The lowest BCUT2D eigenvalue weighted by atomic mass is 9.73. The molecular formula is C22H36O4. The molecule has 26 heavy (non-hydrogen) atoms. The molecule has 0 saturated heterocycles. The van der Waals surface area contributed by atoms with Gasteiger partial charge in [0, 0.05) is 6.92 Å². The zero-order chi connectivity index (χ0) is 20.3. The van der Waals surface area contributed by atoms with Crippen molar-refractivity contribution in [2.24, 2.45) is 17.3 Å². The van der Waals surface area contributed by atoms with Crippen LogP contribution in [0.1, 0.15) is 67.2 Å². The van der Waals surface area contributed by atoms with Gasteiger partial charge in [-0.3, -0.25) is 9.59 Å². The summed E-state index contributed by atoms with van der Waals surface area (Å²) in [5.41, 5.74) is 0.933. The molecule has 0 aromatic rings. The second-order valence-electron chi connectivity index (χ2n) is 7.48. The highest BCUT2D eigenvalue weighted by molar-refractivity contribution is 5.72. The summed E-state index contributed by atoms with van der Waals surface area (Å²) in [4.78, 5) is 23.7. The number of aliphatic carboxylic acids is 1. The van der Waals surface area contributed by atoms with Crippen LogP contribution in [0.15, 0.2) is 36.5 Å². The summed E-state index contributed by atoms with van der Waals surface area (Å²) in [6, 6.07) is 0. The van der Waals surface area contributed by atoms with Crippen LogP contribution in [0, 0.1) is 17.3 Å². The first-order valence-corrected chi connectivity index (χ1v) is 9.43. The van der Waals surface area contributed by atoms with Crippen molar-refractivity contribution in [1.82, 2.24) is 0 Å². The van der Waals surface area contributed by atoms with Crippen molar-refractivity contribution < 1.29 is 19.4 Å². The molecule has 0 aliphatic heterocycles. The van der Waals surface area contributed by atoms with Gasteiger partial charge in [0.15, 0.2) is 0 Å². The van der Waals surface area contributed by atoms with E-state index >= 15 is 0 Å². The molecule has 0 spiro atoms. The third-order valence-electron chi connectivity index (χ3n) is 4.85. The van der Waals surface area contributed by atoms with Crippen molar-refractivity contribution in [3.05, 3.63) is 36.5 Å². The molecule has 0 saturated carbocycles. The van der Waals surface area contributed by atoms with Gasteiger partial charge in [-0.25, -0.2) is 0 Å². The van der Waals surface area contributed by atoms with Crippen LogP contribution in [-0.2, 0) is 14.3 Å². The molecule has 0 aromatic carbocycles. The van der Waals surface area contributed by atoms with Gasteiger partial charge in [-0.15, -0.1) is 6.58 Å². The van der Waals surface area contributed by atoms with Gasteiger partial charge in [-0.05, 0) is 44.4 Å². The van der Waals surface area contributed by atoms with Gasteiger partial charge in [0.25, 0.3) is 0 Å². The van der Waals surface area contributed by atoms with E-state index in [1.807, 2.05) is 58.9 Å². The maximum atomic E-state index is 12.1. The van der Waals surface area contributed by atoms with Gasteiger partial charge in [-0.2, -0.15) is 0 Å². The SMILES string of the molecule is C=CC(C)(C)CC(CC)C(C(=O)O)C(CCC(/C=C\C)=C/C)OC(C)=O. The average molecular weight is 365 g/mol. The molecular weight excluding hydrogens is 328 g/mol. The lowest BCUT2D eigenvalue weighted by Crippen LogP contribution is -2.39. The molecule has 4 nitrogen and oxygen atoms in total. The average Bonchev–Trinajstić information content (AvgIpc) is 2.56. The number of ether oxygens (including phenoxy) is 1. The highest BCUT2D eigenvalue weighted by Crippen LogP contribution is 2.36. The first-order chi connectivity index (χ1) is 12.1. The first-order valence-electron chi connectivity index (χ1n) is 9.43. The third kappa shape index (κ3) is 8.50. The van der Waals surface area contributed by atoms with Crippen molar-refractivity contribution in [1.29, 1.82) is 0 Å². The summed E-state index contributed by atoms with van der Waals surface area (Å²) < 4.78 is 5.48. The Labute approximate surface area is 159 Å². The van der Waals surface area contributed by atoms with Crippen molar-refractivity contribution >= 4 is 11.9 Å². The number of rotatable bonds is 12. The van der Waals surface area contributed by atoms with E-state index in [2.05, 4.69) is 6.58 Å². The molecule has 0 radical (unpaired) electrons. The molecule has 0 fully saturated rings. The zero-order valence-electron chi connectivity index (χ0n) is 17.2. The van der Waals surface area contributed by atoms with Gasteiger partial charge in [0.05, 0.1) is 5.92 Å². The number of allylic oxidation sites excluding steroid dienone is 5. The molecule has 0 aromatic heterocycles. The highest BCUT2D eigenvalue weighted by Gasteiger charge is 2.38. The molecule has 0 rings (SSSR count). The van der Waals surface area contributed by atoms with Gasteiger partial charge < -0.3 is 9.84 Å². The quantitative estimate of drug-likeness (QED) is 0.280. The number of hydrogen-bond acceptors (Lipinski definition) is 3. The normalized spacial score (nSPS) is 16.2. The molecule has 0 bridgehead atoms. The monoisotopic (exact) mass is 364 g/mol. The summed E-state index contributed by atoms with van der Waals surface area (Å²) >= 11 is 0. The second-order valence-corrected chi connectivity index (χ2v) is 7.48. The smallest absolute Gasteiger partial charge is 0.310 e. The van der Waals surface area contributed by atoms with Crippen molar-refractivity contribution in [3.63, 3.8) is 0 Å². The first kappa shape index (κ1) is 24.2. The Morgan fingerprint density at radius 1 is 1.27 bits per heavy atom. The minimum Gasteiger partial charge on any atom is -0.481 e. The van der Waals surface area contributed by atoms with Crippen LogP contribution in [0.4, 0.5) is 0 Å². The van der Waals surface area contributed by atoms with Crippen LogP contribution in [-0.4, -0.2) is 23.1 Å². The molecule has 0 amide bonds. The standard InChI is InChI=1S/C22H36O4/c1-8-12-17(9-2)13-14-19(26-16(5)23)20(21(24)25)18(10-3)15-22(6,7)11-4/h8-9,11-12,18-20H,4,10,13-15H2,1-3,5-7H3,(H,24,25)/b12-8-,17-9+. The summed E-state index contributed by atoms with van der Waals surface area (Å²) in [7, 11) is 0. The van der Waals surface area contributed by atoms with E-state index in [-0.39, 0.29) is 11.3 Å². The predicted molar refractivity (Wildman–Crippen MR) is 107 cm³/mol. The largest absolute Gasteiger partial charge is 0.481 e. The third-order valence-corrected chi connectivity index (χ3v) is 4.85. The van der Waals surface area contributed by atoms with Crippen LogP contribution in [0.3, 0.4) is 0 Å². The van der Waals surface area contributed by atoms with Crippen LogP contribution in [0.25, 0.3) is 0 Å². The van der Waals surface area contributed by atoms with Crippen LogP contribution < -0.4 is 0 Å². The Balaban J connectivity index is 5.59. The fraction of sp³-hybridized carbons (Fsp3) is 0.636. The summed E-state index contributed by atoms with van der Waals surface area (Å²) in [5.74, 6) is -2.17. The highest BCUT2D eigenvalue weighted by atomic mass is 16.5. The van der Waals surface area contributed by atoms with E-state index in [9.17, 15) is 14.7 Å². The van der Waals surface area contributed by atoms with E-state index < -0.39 is 24.0 Å². The van der Waals surface area contributed by atoms with Crippen LogP contribution in [0.5, 0.6) is 0 Å². The summed E-state index contributed by atoms with van der Waals surface area (Å²) in [5, 5.41) is 9.91. The Morgan fingerprint density at radius 2 is 1.88 bits per heavy atom. The minimum atomic E-state index is -0.906. The minimum absolute atomic E-state index is 0.0966. The van der Waals surface area contributed by atoms with Crippen molar-refractivity contribution in [2.75, 3.05) is 0 Å². The Hall–Kier alpha value is -1.84.